The molecule has 0 atom stereocenters. The third kappa shape index (κ3) is 3.04. The predicted molar refractivity (Wildman–Crippen MR) is 70.6 cm³/mol. The molecule has 0 aliphatic carbocycles. The van der Waals surface area contributed by atoms with E-state index in [2.05, 4.69) is 15.3 Å². The first-order valence-electron chi connectivity index (χ1n) is 5.03. The van der Waals surface area contributed by atoms with E-state index in [-0.39, 0.29) is 0 Å². The number of thioether (sulfide) groups is 1. The van der Waals surface area contributed by atoms with Crippen LogP contribution < -0.4 is 5.73 Å². The molecule has 0 saturated carbocycles. The second-order valence-electron chi connectivity index (χ2n) is 3.22. The molecule has 0 aliphatic rings. The van der Waals surface area contributed by atoms with E-state index < -0.39 is 0 Å². The van der Waals surface area contributed by atoms with Crippen molar-refractivity contribution >= 4 is 23.1 Å². The average Bonchev–Trinajstić information content (AvgIpc) is 2.79. The highest BCUT2D eigenvalue weighted by Crippen LogP contribution is 2.24. The summed E-state index contributed by atoms with van der Waals surface area (Å²) in [5.41, 5.74) is 7.71. The van der Waals surface area contributed by atoms with Crippen LogP contribution in [0.5, 0.6) is 0 Å². The first-order valence-corrected chi connectivity index (χ1v) is 7.06. The molecule has 3 nitrogen and oxygen atoms in total. The quantitative estimate of drug-likeness (QED) is 0.829. The van der Waals surface area contributed by atoms with Crippen molar-refractivity contribution in [3.8, 4) is 10.6 Å². The second-order valence-corrected chi connectivity index (χ2v) is 5.18. The number of thiazole rings is 1. The highest BCUT2D eigenvalue weighted by atomic mass is 32.2. The predicted octanol–water partition coefficient (Wildman–Crippen LogP) is 2.40. The van der Waals surface area contributed by atoms with E-state index in [4.69, 9.17) is 5.73 Å². The molecule has 16 heavy (non-hydrogen) atoms. The largest absolute Gasteiger partial charge is 0.330 e. The molecule has 2 aromatic rings. The van der Waals surface area contributed by atoms with Crippen molar-refractivity contribution in [2.75, 3.05) is 12.3 Å². The number of aromatic nitrogens is 2. The molecule has 2 rings (SSSR count). The van der Waals surface area contributed by atoms with Crippen molar-refractivity contribution in [3.05, 3.63) is 35.6 Å². The van der Waals surface area contributed by atoms with Crippen molar-refractivity contribution < 1.29 is 0 Å². The van der Waals surface area contributed by atoms with Gasteiger partial charge in [0, 0.05) is 41.4 Å². The summed E-state index contributed by atoms with van der Waals surface area (Å²) >= 11 is 3.50. The molecule has 2 heterocycles. The first-order chi connectivity index (χ1) is 7.90. The van der Waals surface area contributed by atoms with Crippen LogP contribution in [-0.4, -0.2) is 22.3 Å². The van der Waals surface area contributed by atoms with Gasteiger partial charge in [0.25, 0.3) is 0 Å². The maximum Gasteiger partial charge on any atom is 0.123 e. The van der Waals surface area contributed by atoms with Gasteiger partial charge < -0.3 is 5.73 Å². The molecule has 0 bridgehead atoms. The van der Waals surface area contributed by atoms with Crippen LogP contribution in [0.25, 0.3) is 10.6 Å². The minimum Gasteiger partial charge on any atom is -0.330 e. The highest BCUT2D eigenvalue weighted by molar-refractivity contribution is 7.98. The number of hydrogen-bond donors (Lipinski definition) is 1. The van der Waals surface area contributed by atoms with E-state index in [1.165, 1.54) is 0 Å². The van der Waals surface area contributed by atoms with E-state index in [1.807, 2.05) is 23.9 Å². The van der Waals surface area contributed by atoms with Gasteiger partial charge in [0.15, 0.2) is 0 Å². The molecule has 0 aliphatic heterocycles. The molecule has 2 aromatic heterocycles. The number of pyridine rings is 1. The van der Waals surface area contributed by atoms with Crippen molar-refractivity contribution in [3.63, 3.8) is 0 Å². The lowest BCUT2D eigenvalue weighted by Crippen LogP contribution is -2.01. The van der Waals surface area contributed by atoms with Gasteiger partial charge in [-0.15, -0.1) is 11.3 Å². The van der Waals surface area contributed by atoms with Crippen molar-refractivity contribution in [1.82, 2.24) is 9.97 Å². The molecule has 0 unspecified atom stereocenters. The van der Waals surface area contributed by atoms with Crippen molar-refractivity contribution in [2.45, 2.75) is 5.75 Å². The van der Waals surface area contributed by atoms with E-state index in [0.29, 0.717) is 0 Å². The fourth-order valence-corrected chi connectivity index (χ4v) is 2.86. The Morgan fingerprint density at radius 3 is 2.88 bits per heavy atom. The minimum atomic E-state index is 0.728. The van der Waals surface area contributed by atoms with Gasteiger partial charge >= 0.3 is 0 Å². The first kappa shape index (κ1) is 11.6. The summed E-state index contributed by atoms with van der Waals surface area (Å²) in [5.74, 6) is 1.93. The molecular formula is C11H13N3S2. The van der Waals surface area contributed by atoms with Crippen LogP contribution in [0.4, 0.5) is 0 Å². The van der Waals surface area contributed by atoms with Crippen LogP contribution in [0, 0.1) is 0 Å². The Morgan fingerprint density at radius 2 is 2.12 bits per heavy atom. The van der Waals surface area contributed by atoms with Gasteiger partial charge in [-0.3, -0.25) is 4.98 Å². The minimum absolute atomic E-state index is 0.728. The van der Waals surface area contributed by atoms with Gasteiger partial charge in [0.2, 0.25) is 0 Å². The van der Waals surface area contributed by atoms with Crippen LogP contribution in [0.3, 0.4) is 0 Å². The number of nitrogens with two attached hydrogens (primary N) is 1. The monoisotopic (exact) mass is 251 g/mol. The summed E-state index contributed by atoms with van der Waals surface area (Å²) in [6.45, 7) is 0.728. The Balaban J connectivity index is 2.02. The summed E-state index contributed by atoms with van der Waals surface area (Å²) in [7, 11) is 0. The summed E-state index contributed by atoms with van der Waals surface area (Å²) in [6, 6.07) is 3.96. The van der Waals surface area contributed by atoms with Crippen LogP contribution in [0.15, 0.2) is 29.9 Å². The molecule has 0 saturated heterocycles. The van der Waals surface area contributed by atoms with Gasteiger partial charge in [0.1, 0.15) is 5.01 Å². The summed E-state index contributed by atoms with van der Waals surface area (Å²) in [4.78, 5) is 8.58. The topological polar surface area (TPSA) is 51.8 Å². The van der Waals surface area contributed by atoms with Crippen LogP contribution in [0.1, 0.15) is 5.69 Å². The van der Waals surface area contributed by atoms with Crippen LogP contribution >= 0.6 is 23.1 Å². The fourth-order valence-electron chi connectivity index (χ4n) is 1.26. The molecule has 84 valence electrons. The van der Waals surface area contributed by atoms with Gasteiger partial charge in [0.05, 0.1) is 5.69 Å². The zero-order chi connectivity index (χ0) is 11.2. The lowest BCUT2D eigenvalue weighted by molar-refractivity contribution is 1.14. The SMILES string of the molecule is NCCSCc1csc(-c2ccncc2)n1. The molecule has 5 heteroatoms. The molecule has 0 aromatic carbocycles. The third-order valence-corrected chi connectivity index (χ3v) is 3.96. The molecule has 0 spiro atoms. The van der Waals surface area contributed by atoms with Crippen LogP contribution in [-0.2, 0) is 5.75 Å². The molecule has 0 fully saturated rings. The van der Waals surface area contributed by atoms with E-state index in [9.17, 15) is 0 Å². The maximum atomic E-state index is 5.44. The summed E-state index contributed by atoms with van der Waals surface area (Å²) < 4.78 is 0. The van der Waals surface area contributed by atoms with E-state index >= 15 is 0 Å². The summed E-state index contributed by atoms with van der Waals surface area (Å²) in [5, 5.41) is 3.17. The Kier molecular flexibility index (Phi) is 4.33. The third-order valence-electron chi connectivity index (χ3n) is 1.99. The normalized spacial score (nSPS) is 10.6. The maximum absolute atomic E-state index is 5.44. The van der Waals surface area contributed by atoms with Crippen LogP contribution in [0.2, 0.25) is 0 Å². The Labute approximate surface area is 103 Å². The Hall–Kier alpha value is -0.910. The smallest absolute Gasteiger partial charge is 0.123 e. The van der Waals surface area contributed by atoms with Gasteiger partial charge in [-0.1, -0.05) is 0 Å². The zero-order valence-electron chi connectivity index (χ0n) is 8.80. The van der Waals surface area contributed by atoms with Gasteiger partial charge in [-0.25, -0.2) is 4.98 Å². The second kappa shape index (κ2) is 5.98. The average molecular weight is 251 g/mol. The number of nitrogens with zero attached hydrogens (tertiary/aromatic N) is 2. The van der Waals surface area contributed by atoms with Gasteiger partial charge in [-0.2, -0.15) is 11.8 Å². The Bertz CT molecular complexity index is 428. The lowest BCUT2D eigenvalue weighted by atomic mass is 10.3. The van der Waals surface area contributed by atoms with E-state index in [0.717, 1.165) is 34.3 Å². The molecular weight excluding hydrogens is 238 g/mol. The van der Waals surface area contributed by atoms with Gasteiger partial charge in [-0.05, 0) is 12.1 Å². The Morgan fingerprint density at radius 1 is 1.31 bits per heavy atom. The molecule has 0 amide bonds. The van der Waals surface area contributed by atoms with Crippen molar-refractivity contribution in [2.24, 2.45) is 5.73 Å². The van der Waals surface area contributed by atoms with E-state index in [1.54, 1.807) is 23.7 Å². The molecule has 0 radical (unpaired) electrons. The fraction of sp³-hybridized carbons (Fsp3) is 0.273. The van der Waals surface area contributed by atoms with Crippen molar-refractivity contribution in [1.29, 1.82) is 0 Å². The highest BCUT2D eigenvalue weighted by Gasteiger charge is 2.03. The standard InChI is InChI=1S/C11H13N3S2/c12-3-6-15-7-10-8-16-11(14-10)9-1-4-13-5-2-9/h1-2,4-5,8H,3,6-7,12H2. The number of rotatable bonds is 5. The molecule has 2 N–H and O–H groups in total. The summed E-state index contributed by atoms with van der Waals surface area (Å²) in [6.07, 6.45) is 3.58. The number of hydrogen-bond acceptors (Lipinski definition) is 5. The zero-order valence-corrected chi connectivity index (χ0v) is 10.4. The lowest BCUT2D eigenvalue weighted by Gasteiger charge is -1.95.